The van der Waals surface area contributed by atoms with Crippen LogP contribution in [0.15, 0.2) is 30.5 Å². The van der Waals surface area contributed by atoms with Crippen molar-refractivity contribution in [2.24, 2.45) is 0 Å². The summed E-state index contributed by atoms with van der Waals surface area (Å²) < 4.78 is 5.44. The van der Waals surface area contributed by atoms with Crippen LogP contribution in [0.25, 0.3) is 0 Å². The first-order chi connectivity index (χ1) is 9.90. The number of nitro groups is 1. The zero-order valence-electron chi connectivity index (χ0n) is 10.8. The van der Waals surface area contributed by atoms with Gasteiger partial charge in [-0.3, -0.25) is 10.1 Å². The molecule has 1 aromatic heterocycles. The molecule has 0 fully saturated rings. The number of nitrogens with zero attached hydrogens (tertiary/aromatic N) is 2. The van der Waals surface area contributed by atoms with Gasteiger partial charge in [0.05, 0.1) is 21.1 Å². The van der Waals surface area contributed by atoms with E-state index in [-0.39, 0.29) is 27.4 Å². The number of hydrogen-bond acceptors (Lipinski definition) is 5. The number of ether oxygens (including phenoxy) is 1. The highest BCUT2D eigenvalue weighted by atomic mass is 35.5. The van der Waals surface area contributed by atoms with E-state index in [1.165, 1.54) is 19.2 Å². The van der Waals surface area contributed by atoms with Crippen molar-refractivity contribution in [3.63, 3.8) is 0 Å². The van der Waals surface area contributed by atoms with Crippen LogP contribution in [0.3, 0.4) is 0 Å². The monoisotopic (exact) mass is 328 g/mol. The Morgan fingerprint density at radius 2 is 2.05 bits per heavy atom. The number of nitro benzene ring substituents is 1. The smallest absolute Gasteiger partial charge is 0.313 e. The van der Waals surface area contributed by atoms with Crippen molar-refractivity contribution in [3.8, 4) is 11.6 Å². The third kappa shape index (κ3) is 3.41. The van der Waals surface area contributed by atoms with E-state index >= 15 is 0 Å². The van der Waals surface area contributed by atoms with Gasteiger partial charge in [0.15, 0.2) is 0 Å². The molecular weight excluding hydrogens is 319 g/mol. The summed E-state index contributed by atoms with van der Waals surface area (Å²) in [4.78, 5) is 14.4. The van der Waals surface area contributed by atoms with Crippen LogP contribution in [0.2, 0.25) is 10.0 Å². The molecular formula is C13H10Cl2N2O4. The van der Waals surface area contributed by atoms with Gasteiger partial charge in [-0.05, 0) is 19.1 Å². The number of aromatic nitrogens is 1. The lowest BCUT2D eigenvalue weighted by molar-refractivity contribution is -0.385. The molecule has 110 valence electrons. The van der Waals surface area contributed by atoms with Gasteiger partial charge >= 0.3 is 5.69 Å². The molecule has 2 aromatic rings. The zero-order chi connectivity index (χ0) is 15.6. The fraction of sp³-hybridized carbons (Fsp3) is 0.154. The van der Waals surface area contributed by atoms with Crippen LogP contribution in [0.4, 0.5) is 5.69 Å². The number of benzene rings is 1. The summed E-state index contributed by atoms with van der Waals surface area (Å²) in [5.74, 6) is -0.0380. The Morgan fingerprint density at radius 1 is 1.38 bits per heavy atom. The Hall–Kier alpha value is -1.89. The van der Waals surface area contributed by atoms with E-state index in [1.54, 1.807) is 12.1 Å². The average Bonchev–Trinajstić information content (AvgIpc) is 2.42. The maximum Gasteiger partial charge on any atom is 0.313 e. The number of pyridine rings is 1. The van der Waals surface area contributed by atoms with E-state index in [0.717, 1.165) is 6.07 Å². The first kappa shape index (κ1) is 15.5. The first-order valence-corrected chi connectivity index (χ1v) is 6.60. The van der Waals surface area contributed by atoms with Gasteiger partial charge in [-0.1, -0.05) is 23.2 Å². The second kappa shape index (κ2) is 6.26. The van der Waals surface area contributed by atoms with Crippen molar-refractivity contribution < 1.29 is 14.8 Å². The van der Waals surface area contributed by atoms with Crippen LogP contribution in [-0.4, -0.2) is 15.0 Å². The summed E-state index contributed by atoms with van der Waals surface area (Å²) in [5, 5.41) is 20.9. The molecule has 8 heteroatoms. The Balaban J connectivity index is 2.49. The van der Waals surface area contributed by atoms with Gasteiger partial charge < -0.3 is 9.84 Å². The molecule has 0 amide bonds. The molecule has 21 heavy (non-hydrogen) atoms. The summed E-state index contributed by atoms with van der Waals surface area (Å²) in [6, 6.07) is 5.57. The molecule has 2 rings (SSSR count). The molecule has 0 bridgehead atoms. The lowest BCUT2D eigenvalue weighted by Crippen LogP contribution is -2.00. The van der Waals surface area contributed by atoms with E-state index < -0.39 is 11.0 Å². The van der Waals surface area contributed by atoms with Crippen LogP contribution in [0.5, 0.6) is 11.6 Å². The van der Waals surface area contributed by atoms with E-state index in [2.05, 4.69) is 4.98 Å². The van der Waals surface area contributed by atoms with Crippen molar-refractivity contribution in [2.45, 2.75) is 13.0 Å². The molecule has 1 aromatic carbocycles. The molecule has 1 heterocycles. The number of rotatable bonds is 4. The largest absolute Gasteiger partial charge is 0.431 e. The Morgan fingerprint density at radius 3 is 2.67 bits per heavy atom. The fourth-order valence-corrected chi connectivity index (χ4v) is 1.96. The van der Waals surface area contributed by atoms with Crippen LogP contribution in [0.1, 0.15) is 18.6 Å². The Bertz CT molecular complexity index is 692. The SMILES string of the molecule is C[C@H](O)c1cccnc1Oc1cc(Cl)c(Cl)cc1[N+](=O)[O-]. The minimum absolute atomic E-state index is 0.0486. The second-order valence-electron chi connectivity index (χ2n) is 4.17. The van der Waals surface area contributed by atoms with E-state index in [0.29, 0.717) is 5.56 Å². The van der Waals surface area contributed by atoms with Crippen molar-refractivity contribution in [1.29, 1.82) is 0 Å². The molecule has 0 saturated carbocycles. The van der Waals surface area contributed by atoms with Gasteiger partial charge in [-0.2, -0.15) is 0 Å². The summed E-state index contributed by atoms with van der Waals surface area (Å²) >= 11 is 11.6. The summed E-state index contributed by atoms with van der Waals surface area (Å²) in [7, 11) is 0. The zero-order valence-corrected chi connectivity index (χ0v) is 12.3. The molecule has 1 N–H and O–H groups in total. The average molecular weight is 329 g/mol. The summed E-state index contributed by atoms with van der Waals surface area (Å²) in [5.41, 5.74) is 0.0597. The fourth-order valence-electron chi connectivity index (χ4n) is 1.65. The molecule has 0 spiro atoms. The molecule has 6 nitrogen and oxygen atoms in total. The van der Waals surface area contributed by atoms with Gasteiger partial charge in [0.2, 0.25) is 11.6 Å². The predicted molar refractivity (Wildman–Crippen MR) is 78.1 cm³/mol. The van der Waals surface area contributed by atoms with Crippen LogP contribution in [-0.2, 0) is 0 Å². The maximum atomic E-state index is 11.0. The van der Waals surface area contributed by atoms with Gasteiger partial charge in [0.1, 0.15) is 0 Å². The molecule has 1 atom stereocenters. The minimum Gasteiger partial charge on any atom is -0.431 e. The maximum absolute atomic E-state index is 11.0. The van der Waals surface area contributed by atoms with Crippen molar-refractivity contribution in [1.82, 2.24) is 4.98 Å². The third-order valence-corrected chi connectivity index (χ3v) is 3.38. The van der Waals surface area contributed by atoms with Gasteiger partial charge in [-0.25, -0.2) is 4.98 Å². The van der Waals surface area contributed by atoms with Crippen LogP contribution < -0.4 is 4.74 Å². The van der Waals surface area contributed by atoms with Gasteiger partial charge in [0.25, 0.3) is 0 Å². The Labute approximate surface area is 130 Å². The van der Waals surface area contributed by atoms with E-state index in [9.17, 15) is 15.2 Å². The molecule has 0 saturated heterocycles. The predicted octanol–water partition coefficient (Wildman–Crippen LogP) is 4.14. The van der Waals surface area contributed by atoms with Gasteiger partial charge in [0, 0.05) is 23.9 Å². The summed E-state index contributed by atoms with van der Waals surface area (Å²) in [6.45, 7) is 1.53. The quantitative estimate of drug-likeness (QED) is 0.673. The normalized spacial score (nSPS) is 12.0. The second-order valence-corrected chi connectivity index (χ2v) is 4.98. The van der Waals surface area contributed by atoms with Crippen LogP contribution >= 0.6 is 23.2 Å². The van der Waals surface area contributed by atoms with E-state index in [4.69, 9.17) is 27.9 Å². The number of hydrogen-bond donors (Lipinski definition) is 1. The molecule has 0 radical (unpaired) electrons. The first-order valence-electron chi connectivity index (χ1n) is 5.84. The molecule has 0 aliphatic rings. The highest BCUT2D eigenvalue weighted by Gasteiger charge is 2.21. The lowest BCUT2D eigenvalue weighted by Gasteiger charge is -2.12. The lowest BCUT2D eigenvalue weighted by atomic mass is 10.2. The highest BCUT2D eigenvalue weighted by Crippen LogP contribution is 2.38. The van der Waals surface area contributed by atoms with E-state index in [1.807, 2.05) is 0 Å². The topological polar surface area (TPSA) is 85.5 Å². The van der Waals surface area contributed by atoms with Gasteiger partial charge in [-0.15, -0.1) is 0 Å². The highest BCUT2D eigenvalue weighted by molar-refractivity contribution is 6.42. The minimum atomic E-state index is -0.837. The van der Waals surface area contributed by atoms with Crippen molar-refractivity contribution in [2.75, 3.05) is 0 Å². The summed E-state index contributed by atoms with van der Waals surface area (Å²) in [6.07, 6.45) is 0.612. The van der Waals surface area contributed by atoms with Crippen molar-refractivity contribution in [3.05, 3.63) is 56.2 Å². The van der Waals surface area contributed by atoms with Crippen LogP contribution in [0, 0.1) is 10.1 Å². The third-order valence-electron chi connectivity index (χ3n) is 2.66. The van der Waals surface area contributed by atoms with Crippen molar-refractivity contribution >= 4 is 28.9 Å². The number of aliphatic hydroxyl groups excluding tert-OH is 1. The Kier molecular flexibility index (Phi) is 4.62. The molecule has 0 aliphatic heterocycles. The molecule has 0 aliphatic carbocycles. The standard InChI is InChI=1S/C13H10Cl2N2O4/c1-7(18)8-3-2-4-16-13(8)21-12-6-10(15)9(14)5-11(12)17(19)20/h2-7,18H,1H3/t7-/m0/s1. The number of aliphatic hydroxyl groups is 1. The molecule has 0 unspecified atom stereocenters. The number of halogens is 2.